The number of aromatic nitrogens is 1. The van der Waals surface area contributed by atoms with Crippen LogP contribution in [-0.2, 0) is 0 Å². The van der Waals surface area contributed by atoms with Gasteiger partial charge in [-0.2, -0.15) is 0 Å². The van der Waals surface area contributed by atoms with Crippen LogP contribution in [0, 0.1) is 23.7 Å². The average molecular weight is 201 g/mol. The van der Waals surface area contributed by atoms with Gasteiger partial charge in [0.1, 0.15) is 0 Å². The van der Waals surface area contributed by atoms with Crippen molar-refractivity contribution in [1.82, 2.24) is 4.57 Å². The van der Waals surface area contributed by atoms with Crippen LogP contribution < -0.4 is 0 Å². The second kappa shape index (κ2) is 2.55. The molecule has 0 saturated heterocycles. The van der Waals surface area contributed by atoms with Crippen LogP contribution in [0.1, 0.15) is 35.8 Å². The van der Waals surface area contributed by atoms with E-state index in [0.29, 0.717) is 6.04 Å². The molecule has 2 nitrogen and oxygen atoms in total. The Balaban J connectivity index is 1.69. The molecule has 1 aromatic heterocycles. The maximum atomic E-state index is 10.9. The minimum absolute atomic E-state index is 0.673. The molecule has 4 rings (SSSR count). The van der Waals surface area contributed by atoms with E-state index in [1.807, 2.05) is 12.1 Å². The number of carbonyl (C=O) groups is 1. The third kappa shape index (κ3) is 0.882. The van der Waals surface area contributed by atoms with Gasteiger partial charge >= 0.3 is 0 Å². The molecule has 0 radical (unpaired) electrons. The molecule has 2 heteroatoms. The van der Waals surface area contributed by atoms with Crippen molar-refractivity contribution in [2.75, 3.05) is 0 Å². The summed E-state index contributed by atoms with van der Waals surface area (Å²) >= 11 is 0. The van der Waals surface area contributed by atoms with Crippen LogP contribution in [0.25, 0.3) is 0 Å². The summed E-state index contributed by atoms with van der Waals surface area (Å²) in [4.78, 5) is 10.9. The monoisotopic (exact) mass is 201 g/mol. The predicted octanol–water partition coefficient (Wildman–Crippen LogP) is 2.52. The van der Waals surface area contributed by atoms with Crippen molar-refractivity contribution >= 4 is 6.29 Å². The largest absolute Gasteiger partial charge is 0.342 e. The van der Waals surface area contributed by atoms with E-state index in [1.165, 1.54) is 19.3 Å². The first-order valence-electron chi connectivity index (χ1n) is 6.02. The first kappa shape index (κ1) is 8.14. The Hall–Kier alpha value is -1.05. The molecule has 0 aliphatic heterocycles. The molecule has 4 unspecified atom stereocenters. The smallest absolute Gasteiger partial charge is 0.166 e. The van der Waals surface area contributed by atoms with Crippen LogP contribution in [0.15, 0.2) is 18.3 Å². The number of aldehydes is 1. The number of rotatable bonds is 2. The normalized spacial score (nSPS) is 45.5. The Morgan fingerprint density at radius 3 is 2.67 bits per heavy atom. The van der Waals surface area contributed by atoms with Crippen LogP contribution >= 0.6 is 0 Å². The molecule has 1 heterocycles. The third-order valence-corrected chi connectivity index (χ3v) is 4.95. The molecule has 1 aromatic rings. The zero-order valence-corrected chi connectivity index (χ0v) is 8.67. The molecular weight excluding hydrogens is 186 g/mol. The Bertz CT molecular complexity index is 406. The Labute approximate surface area is 89.3 Å². The molecule has 3 aliphatic rings. The van der Waals surface area contributed by atoms with Gasteiger partial charge in [0.25, 0.3) is 0 Å². The van der Waals surface area contributed by atoms with Gasteiger partial charge in [-0.1, -0.05) is 0 Å². The van der Waals surface area contributed by atoms with Crippen molar-refractivity contribution in [2.24, 2.45) is 23.7 Å². The van der Waals surface area contributed by atoms with E-state index in [-0.39, 0.29) is 0 Å². The molecule has 3 saturated carbocycles. The number of fused-ring (bicyclic) bond motifs is 5. The number of hydrogen-bond acceptors (Lipinski definition) is 1. The Kier molecular flexibility index (Phi) is 1.38. The quantitative estimate of drug-likeness (QED) is 0.674. The van der Waals surface area contributed by atoms with Gasteiger partial charge in [0.05, 0.1) is 5.69 Å². The van der Waals surface area contributed by atoms with Crippen LogP contribution in [0.2, 0.25) is 0 Å². The summed E-state index contributed by atoms with van der Waals surface area (Å²) < 4.78 is 2.23. The van der Waals surface area contributed by atoms with Gasteiger partial charge in [0.15, 0.2) is 6.29 Å². The van der Waals surface area contributed by atoms with Crippen LogP contribution in [-0.4, -0.2) is 10.9 Å². The minimum Gasteiger partial charge on any atom is -0.342 e. The maximum Gasteiger partial charge on any atom is 0.166 e. The maximum absolute atomic E-state index is 10.9. The van der Waals surface area contributed by atoms with Crippen LogP contribution in [0.5, 0.6) is 0 Å². The zero-order valence-electron chi connectivity index (χ0n) is 8.67. The van der Waals surface area contributed by atoms with Gasteiger partial charge in [0, 0.05) is 12.2 Å². The summed E-state index contributed by atoms with van der Waals surface area (Å²) in [5.41, 5.74) is 0.869. The third-order valence-electron chi connectivity index (χ3n) is 4.95. The van der Waals surface area contributed by atoms with Crippen molar-refractivity contribution in [3.8, 4) is 0 Å². The fraction of sp³-hybridized carbons (Fsp3) is 0.615. The first-order valence-corrected chi connectivity index (χ1v) is 6.02. The van der Waals surface area contributed by atoms with Gasteiger partial charge < -0.3 is 4.57 Å². The second-order valence-corrected chi connectivity index (χ2v) is 5.44. The highest BCUT2D eigenvalue weighted by atomic mass is 16.1. The van der Waals surface area contributed by atoms with Gasteiger partial charge in [-0.3, -0.25) is 4.79 Å². The van der Waals surface area contributed by atoms with E-state index in [9.17, 15) is 4.79 Å². The Morgan fingerprint density at radius 2 is 2.00 bits per heavy atom. The molecule has 78 valence electrons. The molecule has 3 fully saturated rings. The van der Waals surface area contributed by atoms with Crippen LogP contribution in [0.4, 0.5) is 0 Å². The lowest BCUT2D eigenvalue weighted by molar-refractivity contribution is 0.111. The van der Waals surface area contributed by atoms with E-state index in [1.54, 1.807) is 0 Å². The molecule has 15 heavy (non-hydrogen) atoms. The highest BCUT2D eigenvalue weighted by Gasteiger charge is 2.65. The topological polar surface area (TPSA) is 22.0 Å². The molecule has 0 amide bonds. The lowest BCUT2D eigenvalue weighted by atomic mass is 10.0. The molecular formula is C13H15NO. The molecule has 0 N–H and O–H groups in total. The standard InChI is InChI=1S/C13H15NO/c15-7-10-2-1-5-14(10)13-11-8-3-4-9(6-8)12(11)13/h1-2,5,7-9,11-13H,3-4,6H2. The summed E-state index contributed by atoms with van der Waals surface area (Å²) in [6.07, 6.45) is 7.45. The summed E-state index contributed by atoms with van der Waals surface area (Å²) in [6.45, 7) is 0. The highest BCUT2D eigenvalue weighted by Crippen LogP contribution is 2.71. The Morgan fingerprint density at radius 1 is 1.27 bits per heavy atom. The number of nitrogens with zero attached hydrogens (tertiary/aromatic N) is 1. The van der Waals surface area contributed by atoms with Crippen molar-refractivity contribution in [1.29, 1.82) is 0 Å². The fourth-order valence-corrected chi connectivity index (χ4v) is 4.43. The van der Waals surface area contributed by atoms with Crippen molar-refractivity contribution in [3.63, 3.8) is 0 Å². The highest BCUT2D eigenvalue weighted by molar-refractivity contribution is 5.72. The second-order valence-electron chi connectivity index (χ2n) is 5.44. The van der Waals surface area contributed by atoms with Crippen molar-refractivity contribution in [3.05, 3.63) is 24.0 Å². The minimum atomic E-state index is 0.673. The lowest BCUT2D eigenvalue weighted by Crippen LogP contribution is -2.06. The van der Waals surface area contributed by atoms with Gasteiger partial charge in [-0.15, -0.1) is 0 Å². The molecule has 4 atom stereocenters. The van der Waals surface area contributed by atoms with Crippen molar-refractivity contribution < 1.29 is 4.79 Å². The average Bonchev–Trinajstić information content (AvgIpc) is 2.72. The number of hydrogen-bond donors (Lipinski definition) is 0. The lowest BCUT2D eigenvalue weighted by Gasteiger charge is -2.11. The van der Waals surface area contributed by atoms with E-state index in [0.717, 1.165) is 35.7 Å². The van der Waals surface area contributed by atoms with E-state index < -0.39 is 0 Å². The zero-order chi connectivity index (χ0) is 9.99. The van der Waals surface area contributed by atoms with E-state index >= 15 is 0 Å². The summed E-state index contributed by atoms with van der Waals surface area (Å²) in [5.74, 6) is 3.78. The summed E-state index contributed by atoms with van der Waals surface area (Å²) in [6, 6.07) is 4.61. The SMILES string of the molecule is O=Cc1cccn1C1C2C3CCC(C3)C21. The fourth-order valence-electron chi connectivity index (χ4n) is 4.43. The summed E-state index contributed by atoms with van der Waals surface area (Å²) in [5, 5.41) is 0. The van der Waals surface area contributed by atoms with E-state index in [2.05, 4.69) is 10.8 Å². The van der Waals surface area contributed by atoms with E-state index in [4.69, 9.17) is 0 Å². The number of carbonyl (C=O) groups excluding carboxylic acids is 1. The molecule has 0 aromatic carbocycles. The molecule has 3 aliphatic carbocycles. The van der Waals surface area contributed by atoms with Crippen LogP contribution in [0.3, 0.4) is 0 Å². The molecule has 0 spiro atoms. The van der Waals surface area contributed by atoms with Gasteiger partial charge in [0.2, 0.25) is 0 Å². The predicted molar refractivity (Wildman–Crippen MR) is 56.7 cm³/mol. The molecule has 2 bridgehead atoms. The van der Waals surface area contributed by atoms with Gasteiger partial charge in [-0.05, 0) is 55.1 Å². The summed E-state index contributed by atoms with van der Waals surface area (Å²) in [7, 11) is 0. The first-order chi connectivity index (χ1) is 7.40. The van der Waals surface area contributed by atoms with Gasteiger partial charge in [-0.25, -0.2) is 0 Å². The van der Waals surface area contributed by atoms with Crippen molar-refractivity contribution in [2.45, 2.75) is 25.3 Å².